The Morgan fingerprint density at radius 2 is 1.48 bits per heavy atom. The number of hydrogen-bond donors (Lipinski definition) is 1. The molecule has 5 rings (SSSR count). The van der Waals surface area contributed by atoms with Crippen LogP contribution in [-0.2, 0) is 0 Å². The summed E-state index contributed by atoms with van der Waals surface area (Å²) in [7, 11) is 0. The molecule has 0 radical (unpaired) electrons. The summed E-state index contributed by atoms with van der Waals surface area (Å²) in [5.41, 5.74) is 6.35. The predicted octanol–water partition coefficient (Wildman–Crippen LogP) is 4.84. The summed E-state index contributed by atoms with van der Waals surface area (Å²) in [6.07, 6.45) is 9.30. The Kier molecular flexibility index (Phi) is 3.07. The number of nitrogens with one attached hydrogen (secondary N) is 1. The standard InChI is InChI=1S/C21H14N4/c1-2-6-15(19-7-3-4-9-24-19)14(5-1)17-12-23-13-18-16-11-22-10-8-20(16)25-21(17)18/h1-13,25H. The highest BCUT2D eigenvalue weighted by molar-refractivity contribution is 6.11. The third kappa shape index (κ3) is 2.19. The number of aromatic amines is 1. The average Bonchev–Trinajstić information content (AvgIpc) is 3.07. The minimum Gasteiger partial charge on any atom is -0.354 e. The first-order valence-corrected chi connectivity index (χ1v) is 8.12. The molecule has 4 aromatic heterocycles. The number of nitrogens with zero attached hydrogens (tertiary/aromatic N) is 3. The molecule has 0 atom stereocenters. The monoisotopic (exact) mass is 322 g/mol. The van der Waals surface area contributed by atoms with E-state index in [0.29, 0.717) is 0 Å². The van der Waals surface area contributed by atoms with E-state index in [2.05, 4.69) is 32.1 Å². The first-order valence-electron chi connectivity index (χ1n) is 8.12. The van der Waals surface area contributed by atoms with Crippen LogP contribution in [0.2, 0.25) is 0 Å². The zero-order chi connectivity index (χ0) is 16.6. The van der Waals surface area contributed by atoms with Crippen LogP contribution < -0.4 is 0 Å². The second-order valence-corrected chi connectivity index (χ2v) is 5.92. The second-order valence-electron chi connectivity index (χ2n) is 5.92. The molecular weight excluding hydrogens is 308 g/mol. The molecule has 0 aliphatic carbocycles. The van der Waals surface area contributed by atoms with Crippen LogP contribution in [0.5, 0.6) is 0 Å². The quantitative estimate of drug-likeness (QED) is 0.506. The van der Waals surface area contributed by atoms with E-state index in [1.807, 2.05) is 61.2 Å². The molecule has 4 heterocycles. The van der Waals surface area contributed by atoms with Gasteiger partial charge in [0.15, 0.2) is 0 Å². The number of hydrogen-bond acceptors (Lipinski definition) is 3. The van der Waals surface area contributed by atoms with Gasteiger partial charge >= 0.3 is 0 Å². The van der Waals surface area contributed by atoms with Gasteiger partial charge in [-0.25, -0.2) is 0 Å². The van der Waals surface area contributed by atoms with E-state index >= 15 is 0 Å². The lowest BCUT2D eigenvalue weighted by Crippen LogP contribution is -1.89. The number of pyridine rings is 3. The lowest BCUT2D eigenvalue weighted by Gasteiger charge is -2.10. The fourth-order valence-corrected chi connectivity index (χ4v) is 3.32. The fraction of sp³-hybridized carbons (Fsp3) is 0. The highest BCUT2D eigenvalue weighted by atomic mass is 14.8. The van der Waals surface area contributed by atoms with Gasteiger partial charge in [-0.05, 0) is 23.8 Å². The van der Waals surface area contributed by atoms with Crippen molar-refractivity contribution in [1.82, 2.24) is 19.9 Å². The summed E-state index contributed by atoms with van der Waals surface area (Å²) in [6.45, 7) is 0. The van der Waals surface area contributed by atoms with Gasteiger partial charge in [0.2, 0.25) is 0 Å². The van der Waals surface area contributed by atoms with Crippen LogP contribution in [-0.4, -0.2) is 19.9 Å². The van der Waals surface area contributed by atoms with Crippen LogP contribution in [0.4, 0.5) is 0 Å². The lowest BCUT2D eigenvalue weighted by molar-refractivity contribution is 1.32. The van der Waals surface area contributed by atoms with Crippen LogP contribution in [0.15, 0.2) is 79.5 Å². The van der Waals surface area contributed by atoms with Crippen LogP contribution in [0.25, 0.3) is 44.2 Å². The molecule has 0 saturated heterocycles. The minimum atomic E-state index is 0.952. The molecule has 1 N–H and O–H groups in total. The zero-order valence-corrected chi connectivity index (χ0v) is 13.3. The van der Waals surface area contributed by atoms with Crippen molar-refractivity contribution in [3.05, 3.63) is 79.5 Å². The topological polar surface area (TPSA) is 54.5 Å². The van der Waals surface area contributed by atoms with Crippen molar-refractivity contribution in [2.75, 3.05) is 0 Å². The minimum absolute atomic E-state index is 0.952. The maximum atomic E-state index is 4.52. The van der Waals surface area contributed by atoms with Crippen molar-refractivity contribution in [1.29, 1.82) is 0 Å². The maximum Gasteiger partial charge on any atom is 0.0708 e. The number of aromatic nitrogens is 4. The fourth-order valence-electron chi connectivity index (χ4n) is 3.32. The van der Waals surface area contributed by atoms with Crippen LogP contribution in [0.3, 0.4) is 0 Å². The Labute approximate surface area is 144 Å². The number of benzene rings is 1. The molecule has 0 amide bonds. The largest absolute Gasteiger partial charge is 0.354 e. The molecule has 5 aromatic rings. The molecule has 0 saturated carbocycles. The summed E-state index contributed by atoms with van der Waals surface area (Å²) in [6, 6.07) is 16.3. The van der Waals surface area contributed by atoms with Gasteiger partial charge in [-0.3, -0.25) is 15.0 Å². The van der Waals surface area contributed by atoms with Crippen molar-refractivity contribution < 1.29 is 0 Å². The second kappa shape index (κ2) is 5.53. The Balaban J connectivity index is 1.83. The van der Waals surface area contributed by atoms with Gasteiger partial charge < -0.3 is 4.98 Å². The average molecular weight is 322 g/mol. The SMILES string of the molecule is c1ccc(-c2ccccc2-c2cncc3c2[nH]c2ccncc23)nc1. The zero-order valence-electron chi connectivity index (χ0n) is 13.3. The highest BCUT2D eigenvalue weighted by Crippen LogP contribution is 2.36. The van der Waals surface area contributed by atoms with Crippen molar-refractivity contribution in [2.45, 2.75) is 0 Å². The van der Waals surface area contributed by atoms with Crippen molar-refractivity contribution >= 4 is 21.8 Å². The first-order chi connectivity index (χ1) is 12.4. The van der Waals surface area contributed by atoms with Gasteiger partial charge in [-0.1, -0.05) is 30.3 Å². The molecule has 1 aromatic carbocycles. The Hall–Kier alpha value is -3.53. The van der Waals surface area contributed by atoms with E-state index in [4.69, 9.17) is 0 Å². The molecular formula is C21H14N4. The van der Waals surface area contributed by atoms with E-state index < -0.39 is 0 Å². The Morgan fingerprint density at radius 3 is 2.36 bits per heavy atom. The molecule has 0 aliphatic heterocycles. The molecule has 0 bridgehead atoms. The summed E-state index contributed by atoms with van der Waals surface area (Å²) in [5.74, 6) is 0. The van der Waals surface area contributed by atoms with E-state index in [0.717, 1.165) is 44.2 Å². The van der Waals surface area contributed by atoms with Gasteiger partial charge in [-0.2, -0.15) is 0 Å². The van der Waals surface area contributed by atoms with Gasteiger partial charge in [0.1, 0.15) is 0 Å². The number of rotatable bonds is 2. The van der Waals surface area contributed by atoms with Crippen molar-refractivity contribution in [3.63, 3.8) is 0 Å². The summed E-state index contributed by atoms with van der Waals surface area (Å²) < 4.78 is 0. The first kappa shape index (κ1) is 13.9. The third-order valence-corrected chi connectivity index (χ3v) is 4.47. The van der Waals surface area contributed by atoms with Crippen molar-refractivity contribution in [2.24, 2.45) is 0 Å². The molecule has 0 spiro atoms. The van der Waals surface area contributed by atoms with E-state index in [-0.39, 0.29) is 0 Å². The van der Waals surface area contributed by atoms with Gasteiger partial charge in [0.25, 0.3) is 0 Å². The molecule has 4 nitrogen and oxygen atoms in total. The normalized spacial score (nSPS) is 11.2. The summed E-state index contributed by atoms with van der Waals surface area (Å²) in [5, 5.41) is 2.17. The third-order valence-electron chi connectivity index (χ3n) is 4.47. The van der Waals surface area contributed by atoms with E-state index in [1.54, 1.807) is 6.20 Å². The lowest BCUT2D eigenvalue weighted by atomic mass is 9.97. The van der Waals surface area contributed by atoms with Gasteiger partial charge in [0.05, 0.1) is 11.2 Å². The molecule has 4 heteroatoms. The van der Waals surface area contributed by atoms with Crippen LogP contribution >= 0.6 is 0 Å². The van der Waals surface area contributed by atoms with Gasteiger partial charge in [0, 0.05) is 58.4 Å². The molecule has 118 valence electrons. The maximum absolute atomic E-state index is 4.52. The van der Waals surface area contributed by atoms with E-state index in [9.17, 15) is 0 Å². The number of fused-ring (bicyclic) bond motifs is 3. The smallest absolute Gasteiger partial charge is 0.0708 e. The van der Waals surface area contributed by atoms with Crippen LogP contribution in [0, 0.1) is 0 Å². The Morgan fingerprint density at radius 1 is 0.640 bits per heavy atom. The molecule has 0 aliphatic rings. The molecule has 25 heavy (non-hydrogen) atoms. The number of H-pyrrole nitrogens is 1. The van der Waals surface area contributed by atoms with Crippen molar-refractivity contribution in [3.8, 4) is 22.4 Å². The van der Waals surface area contributed by atoms with Crippen LogP contribution in [0.1, 0.15) is 0 Å². The highest BCUT2D eigenvalue weighted by Gasteiger charge is 2.14. The summed E-state index contributed by atoms with van der Waals surface area (Å²) in [4.78, 5) is 16.8. The Bertz CT molecular complexity index is 1190. The molecule has 0 unspecified atom stereocenters. The van der Waals surface area contributed by atoms with E-state index in [1.165, 1.54) is 0 Å². The predicted molar refractivity (Wildman–Crippen MR) is 100 cm³/mol. The van der Waals surface area contributed by atoms with Gasteiger partial charge in [-0.15, -0.1) is 0 Å². The summed E-state index contributed by atoms with van der Waals surface area (Å²) >= 11 is 0. The molecule has 0 fully saturated rings.